The third-order valence-electron chi connectivity index (χ3n) is 3.01. The largest absolute Gasteiger partial charge is 0.354 e. The first-order valence-electron chi connectivity index (χ1n) is 6.64. The summed E-state index contributed by atoms with van der Waals surface area (Å²) in [4.78, 5) is 12.8. The lowest BCUT2D eigenvalue weighted by Crippen LogP contribution is -2.04. The van der Waals surface area contributed by atoms with Gasteiger partial charge in [-0.15, -0.1) is 0 Å². The molecule has 0 spiro atoms. The summed E-state index contributed by atoms with van der Waals surface area (Å²) in [6.45, 7) is 2.79. The molecule has 0 aliphatic heterocycles. The molecule has 1 aromatic carbocycles. The molecule has 2 N–H and O–H groups in total. The maximum absolute atomic E-state index is 4.47. The van der Waals surface area contributed by atoms with E-state index in [0.29, 0.717) is 5.95 Å². The van der Waals surface area contributed by atoms with Crippen molar-refractivity contribution in [2.75, 3.05) is 17.2 Å². The smallest absolute Gasteiger partial charge is 0.224 e. The minimum Gasteiger partial charge on any atom is -0.354 e. The Morgan fingerprint density at radius 2 is 2.10 bits per heavy atom. The van der Waals surface area contributed by atoms with Crippen LogP contribution in [0.2, 0.25) is 0 Å². The van der Waals surface area contributed by atoms with Gasteiger partial charge in [0.25, 0.3) is 0 Å². The van der Waals surface area contributed by atoms with Crippen LogP contribution in [0, 0.1) is 0 Å². The normalized spacial score (nSPS) is 10.6. The van der Waals surface area contributed by atoms with Gasteiger partial charge in [-0.2, -0.15) is 4.98 Å². The van der Waals surface area contributed by atoms with Gasteiger partial charge in [-0.3, -0.25) is 4.98 Å². The Morgan fingerprint density at radius 1 is 1.19 bits per heavy atom. The Morgan fingerprint density at radius 3 is 2.95 bits per heavy atom. The Kier molecular flexibility index (Phi) is 3.96. The number of aromatic nitrogens is 3. The quantitative estimate of drug-likeness (QED) is 0.750. The predicted molar refractivity (Wildman–Crippen MR) is 88.9 cm³/mol. The molecule has 0 fully saturated rings. The van der Waals surface area contributed by atoms with Gasteiger partial charge in [0, 0.05) is 41.6 Å². The van der Waals surface area contributed by atoms with Crippen LogP contribution in [0.25, 0.3) is 10.8 Å². The van der Waals surface area contributed by atoms with E-state index in [1.807, 2.05) is 37.4 Å². The Balaban J connectivity index is 2.00. The van der Waals surface area contributed by atoms with Gasteiger partial charge in [0.2, 0.25) is 5.95 Å². The van der Waals surface area contributed by atoms with Gasteiger partial charge in [0.1, 0.15) is 5.82 Å². The molecule has 0 saturated heterocycles. The standard InChI is InChI=1S/C15H14BrN5/c1-2-18-15-19-9-12(16)14(21-15)20-13-5-3-4-10-8-17-7-6-11(10)13/h3-9H,2H2,1H3,(H2,18,19,20,21). The highest BCUT2D eigenvalue weighted by Crippen LogP contribution is 2.28. The van der Waals surface area contributed by atoms with Crippen molar-refractivity contribution >= 4 is 44.2 Å². The lowest BCUT2D eigenvalue weighted by molar-refractivity contribution is 1.08. The highest BCUT2D eigenvalue weighted by molar-refractivity contribution is 9.10. The SMILES string of the molecule is CCNc1ncc(Br)c(Nc2cccc3cnccc23)n1. The summed E-state index contributed by atoms with van der Waals surface area (Å²) >= 11 is 3.48. The van der Waals surface area contributed by atoms with Crippen LogP contribution in [0.1, 0.15) is 6.92 Å². The Hall–Kier alpha value is -2.21. The minimum absolute atomic E-state index is 0.602. The fourth-order valence-corrected chi connectivity index (χ4v) is 2.35. The van der Waals surface area contributed by atoms with Gasteiger partial charge >= 0.3 is 0 Å². The molecule has 3 aromatic rings. The summed E-state index contributed by atoms with van der Waals surface area (Å²) < 4.78 is 0.815. The van der Waals surface area contributed by atoms with Crippen LogP contribution in [0.15, 0.2) is 47.3 Å². The summed E-state index contributed by atoms with van der Waals surface area (Å²) in [5.74, 6) is 1.33. The van der Waals surface area contributed by atoms with Gasteiger partial charge < -0.3 is 10.6 Å². The highest BCUT2D eigenvalue weighted by atomic mass is 79.9. The molecule has 6 heteroatoms. The number of pyridine rings is 1. The van der Waals surface area contributed by atoms with Crippen LogP contribution in [-0.4, -0.2) is 21.5 Å². The molecule has 106 valence electrons. The molecular formula is C15H14BrN5. The number of nitrogens with zero attached hydrogens (tertiary/aromatic N) is 3. The minimum atomic E-state index is 0.602. The van der Waals surface area contributed by atoms with Gasteiger partial charge in [-0.1, -0.05) is 12.1 Å². The van der Waals surface area contributed by atoms with E-state index >= 15 is 0 Å². The molecule has 0 unspecified atom stereocenters. The zero-order valence-corrected chi connectivity index (χ0v) is 13.1. The van der Waals surface area contributed by atoms with E-state index in [2.05, 4.69) is 41.5 Å². The predicted octanol–water partition coefficient (Wildman–Crippen LogP) is 3.96. The molecule has 21 heavy (non-hydrogen) atoms. The molecule has 0 aliphatic rings. The molecule has 2 aromatic heterocycles. The monoisotopic (exact) mass is 343 g/mol. The summed E-state index contributed by atoms with van der Waals surface area (Å²) in [5, 5.41) is 8.64. The van der Waals surface area contributed by atoms with Gasteiger partial charge in [-0.25, -0.2) is 4.98 Å². The van der Waals surface area contributed by atoms with Crippen molar-refractivity contribution in [1.82, 2.24) is 15.0 Å². The van der Waals surface area contributed by atoms with Gasteiger partial charge in [-0.05, 0) is 35.0 Å². The first-order valence-corrected chi connectivity index (χ1v) is 7.43. The second-order valence-corrected chi connectivity index (χ2v) is 5.30. The van der Waals surface area contributed by atoms with Gasteiger partial charge in [0.05, 0.1) is 4.47 Å². The van der Waals surface area contributed by atoms with Crippen LogP contribution in [-0.2, 0) is 0 Å². The summed E-state index contributed by atoms with van der Waals surface area (Å²) in [7, 11) is 0. The second kappa shape index (κ2) is 6.05. The number of anilines is 3. The number of hydrogen-bond donors (Lipinski definition) is 2. The van der Waals surface area contributed by atoms with E-state index < -0.39 is 0 Å². The lowest BCUT2D eigenvalue weighted by atomic mass is 10.1. The molecule has 0 amide bonds. The van der Waals surface area contributed by atoms with Crippen molar-refractivity contribution in [2.45, 2.75) is 6.92 Å². The number of hydrogen-bond acceptors (Lipinski definition) is 5. The van der Waals surface area contributed by atoms with E-state index in [9.17, 15) is 0 Å². The Labute approximate surface area is 131 Å². The maximum atomic E-state index is 4.47. The average molecular weight is 344 g/mol. The van der Waals surface area contributed by atoms with E-state index in [4.69, 9.17) is 0 Å². The third kappa shape index (κ3) is 2.95. The molecule has 0 aliphatic carbocycles. The van der Waals surface area contributed by atoms with Crippen LogP contribution in [0.4, 0.5) is 17.5 Å². The second-order valence-electron chi connectivity index (χ2n) is 4.45. The molecule has 0 bridgehead atoms. The van der Waals surface area contributed by atoms with Crippen molar-refractivity contribution in [3.05, 3.63) is 47.3 Å². The molecular weight excluding hydrogens is 330 g/mol. The maximum Gasteiger partial charge on any atom is 0.224 e. The van der Waals surface area contributed by atoms with Crippen LogP contribution in [0.5, 0.6) is 0 Å². The zero-order valence-electron chi connectivity index (χ0n) is 11.5. The summed E-state index contributed by atoms with van der Waals surface area (Å²) in [5.41, 5.74) is 0.983. The number of halogens is 1. The lowest BCUT2D eigenvalue weighted by Gasteiger charge is -2.11. The fraction of sp³-hybridized carbons (Fsp3) is 0.133. The highest BCUT2D eigenvalue weighted by Gasteiger charge is 2.07. The summed E-state index contributed by atoms with van der Waals surface area (Å²) in [6.07, 6.45) is 5.37. The molecule has 5 nitrogen and oxygen atoms in total. The van der Waals surface area contributed by atoms with Crippen molar-refractivity contribution in [3.63, 3.8) is 0 Å². The third-order valence-corrected chi connectivity index (χ3v) is 3.59. The zero-order chi connectivity index (χ0) is 14.7. The Bertz CT molecular complexity index is 770. The van der Waals surface area contributed by atoms with E-state index in [1.165, 1.54) is 0 Å². The van der Waals surface area contributed by atoms with Crippen molar-refractivity contribution in [2.24, 2.45) is 0 Å². The first kappa shape index (κ1) is 13.8. The molecule has 0 atom stereocenters. The van der Waals surface area contributed by atoms with E-state index in [1.54, 1.807) is 12.4 Å². The molecule has 0 saturated carbocycles. The first-order chi connectivity index (χ1) is 10.3. The topological polar surface area (TPSA) is 62.7 Å². The molecule has 3 rings (SSSR count). The van der Waals surface area contributed by atoms with Crippen molar-refractivity contribution < 1.29 is 0 Å². The molecule has 2 heterocycles. The van der Waals surface area contributed by atoms with Crippen LogP contribution < -0.4 is 10.6 Å². The number of rotatable bonds is 4. The number of benzene rings is 1. The average Bonchev–Trinajstić information content (AvgIpc) is 2.51. The number of fused-ring (bicyclic) bond motifs is 1. The van der Waals surface area contributed by atoms with Crippen molar-refractivity contribution in [1.29, 1.82) is 0 Å². The van der Waals surface area contributed by atoms with E-state index in [0.717, 1.165) is 33.3 Å². The van der Waals surface area contributed by atoms with Crippen LogP contribution in [0.3, 0.4) is 0 Å². The fourth-order valence-electron chi connectivity index (χ4n) is 2.06. The van der Waals surface area contributed by atoms with Crippen molar-refractivity contribution in [3.8, 4) is 0 Å². The summed E-state index contributed by atoms with van der Waals surface area (Å²) in [6, 6.07) is 8.03. The number of nitrogens with one attached hydrogen (secondary N) is 2. The van der Waals surface area contributed by atoms with E-state index in [-0.39, 0.29) is 0 Å². The van der Waals surface area contributed by atoms with Gasteiger partial charge in [0.15, 0.2) is 0 Å². The van der Waals surface area contributed by atoms with Crippen LogP contribution >= 0.6 is 15.9 Å². The molecule has 0 radical (unpaired) electrons.